The third-order valence-electron chi connectivity index (χ3n) is 3.75. The van der Waals surface area contributed by atoms with Gasteiger partial charge in [0, 0.05) is 0 Å². The Bertz CT molecular complexity index is 174. The molecule has 1 saturated heterocycles. The molecule has 2 aliphatic rings. The van der Waals surface area contributed by atoms with Crippen LogP contribution in [-0.2, 0) is 4.74 Å². The standard InChI is InChI=1S/C9H16O/c1-6-5-7-8(2,3)9(7,4)10-6/h6-7H,5H2,1-4H3. The third-order valence-corrected chi connectivity index (χ3v) is 3.75. The minimum Gasteiger partial charge on any atom is -0.371 e. The van der Waals surface area contributed by atoms with Crippen molar-refractivity contribution in [2.75, 3.05) is 0 Å². The average molecular weight is 140 g/mol. The van der Waals surface area contributed by atoms with E-state index in [0.717, 1.165) is 5.92 Å². The van der Waals surface area contributed by atoms with Crippen LogP contribution in [0.25, 0.3) is 0 Å². The first kappa shape index (κ1) is 6.66. The summed E-state index contributed by atoms with van der Waals surface area (Å²) in [6.07, 6.45) is 1.77. The molecule has 1 heteroatoms. The average Bonchev–Trinajstić information content (AvgIpc) is 2.21. The monoisotopic (exact) mass is 140 g/mol. The topological polar surface area (TPSA) is 9.23 Å². The molecule has 2 rings (SSSR count). The molecule has 0 aromatic rings. The van der Waals surface area contributed by atoms with Crippen LogP contribution in [0.15, 0.2) is 0 Å². The van der Waals surface area contributed by atoms with Crippen LogP contribution in [0.5, 0.6) is 0 Å². The van der Waals surface area contributed by atoms with E-state index >= 15 is 0 Å². The number of hydrogen-bond donors (Lipinski definition) is 0. The molecule has 2 fully saturated rings. The fraction of sp³-hybridized carbons (Fsp3) is 1.00. The zero-order chi connectivity index (χ0) is 7.57. The molecule has 1 aliphatic heterocycles. The van der Waals surface area contributed by atoms with Crippen molar-refractivity contribution in [3.63, 3.8) is 0 Å². The lowest BCUT2D eigenvalue weighted by atomic mass is 10.0. The lowest BCUT2D eigenvalue weighted by Gasteiger charge is -2.18. The molecule has 0 aromatic carbocycles. The number of hydrogen-bond acceptors (Lipinski definition) is 1. The number of ether oxygens (including phenoxy) is 1. The first-order chi connectivity index (χ1) is 4.48. The van der Waals surface area contributed by atoms with Crippen LogP contribution in [0.2, 0.25) is 0 Å². The van der Waals surface area contributed by atoms with Crippen molar-refractivity contribution < 1.29 is 4.74 Å². The Hall–Kier alpha value is -0.0400. The van der Waals surface area contributed by atoms with Crippen LogP contribution in [0.4, 0.5) is 0 Å². The SMILES string of the molecule is CC1CC2C(C)(C)C2(C)O1. The second kappa shape index (κ2) is 1.42. The molecule has 0 radical (unpaired) electrons. The van der Waals surface area contributed by atoms with Crippen molar-refractivity contribution in [2.45, 2.75) is 45.8 Å². The Kier molecular flexibility index (Phi) is 0.949. The molecule has 0 spiro atoms. The highest BCUT2D eigenvalue weighted by atomic mass is 16.5. The van der Waals surface area contributed by atoms with Crippen molar-refractivity contribution >= 4 is 0 Å². The van der Waals surface area contributed by atoms with Crippen LogP contribution in [0.3, 0.4) is 0 Å². The van der Waals surface area contributed by atoms with Gasteiger partial charge in [0.2, 0.25) is 0 Å². The molecule has 10 heavy (non-hydrogen) atoms. The second-order valence-corrected chi connectivity index (χ2v) is 4.55. The van der Waals surface area contributed by atoms with Gasteiger partial charge in [-0.1, -0.05) is 13.8 Å². The van der Waals surface area contributed by atoms with Gasteiger partial charge in [-0.25, -0.2) is 0 Å². The van der Waals surface area contributed by atoms with E-state index in [2.05, 4.69) is 27.7 Å². The molecule has 1 nitrogen and oxygen atoms in total. The molecule has 3 unspecified atom stereocenters. The van der Waals surface area contributed by atoms with Gasteiger partial charge in [-0.2, -0.15) is 0 Å². The minimum atomic E-state index is 0.229. The number of rotatable bonds is 0. The van der Waals surface area contributed by atoms with Crippen molar-refractivity contribution in [3.8, 4) is 0 Å². The summed E-state index contributed by atoms with van der Waals surface area (Å²) in [6.45, 7) is 9.04. The Morgan fingerprint density at radius 3 is 2.20 bits per heavy atom. The fourth-order valence-corrected chi connectivity index (χ4v) is 2.61. The normalized spacial score (nSPS) is 56.4. The molecule has 58 valence electrons. The quantitative estimate of drug-likeness (QED) is 0.501. The number of fused-ring (bicyclic) bond motifs is 1. The van der Waals surface area contributed by atoms with E-state index in [1.807, 2.05) is 0 Å². The maximum Gasteiger partial charge on any atom is 0.0747 e. The summed E-state index contributed by atoms with van der Waals surface area (Å²) in [4.78, 5) is 0. The van der Waals surface area contributed by atoms with E-state index in [-0.39, 0.29) is 5.60 Å². The zero-order valence-corrected chi connectivity index (χ0v) is 7.27. The van der Waals surface area contributed by atoms with Gasteiger partial charge in [0.25, 0.3) is 0 Å². The fourth-order valence-electron chi connectivity index (χ4n) is 2.61. The van der Waals surface area contributed by atoms with E-state index in [1.54, 1.807) is 0 Å². The Labute approximate surface area is 62.8 Å². The first-order valence-electron chi connectivity index (χ1n) is 4.16. The van der Waals surface area contributed by atoms with Crippen LogP contribution in [0, 0.1) is 11.3 Å². The first-order valence-corrected chi connectivity index (χ1v) is 4.16. The molecular formula is C9H16O. The van der Waals surface area contributed by atoms with Crippen molar-refractivity contribution in [1.29, 1.82) is 0 Å². The lowest BCUT2D eigenvalue weighted by Crippen LogP contribution is -2.19. The summed E-state index contributed by atoms with van der Waals surface area (Å²) in [5.41, 5.74) is 0.686. The van der Waals surface area contributed by atoms with Gasteiger partial charge in [0.15, 0.2) is 0 Å². The molecule has 1 heterocycles. The summed E-state index contributed by atoms with van der Waals surface area (Å²) in [5.74, 6) is 0.829. The van der Waals surface area contributed by atoms with Crippen molar-refractivity contribution in [3.05, 3.63) is 0 Å². The lowest BCUT2D eigenvalue weighted by molar-refractivity contribution is -0.00659. The van der Waals surface area contributed by atoms with Crippen LogP contribution in [0.1, 0.15) is 34.1 Å². The maximum atomic E-state index is 5.84. The molecule has 3 atom stereocenters. The highest BCUT2D eigenvalue weighted by Crippen LogP contribution is 2.69. The third kappa shape index (κ3) is 0.493. The summed E-state index contributed by atoms with van der Waals surface area (Å²) < 4.78 is 5.84. The van der Waals surface area contributed by atoms with E-state index < -0.39 is 0 Å². The largest absolute Gasteiger partial charge is 0.371 e. The van der Waals surface area contributed by atoms with E-state index in [0.29, 0.717) is 11.5 Å². The predicted octanol–water partition coefficient (Wildman–Crippen LogP) is 2.21. The van der Waals surface area contributed by atoms with E-state index in [9.17, 15) is 0 Å². The summed E-state index contributed by atoms with van der Waals surface area (Å²) in [7, 11) is 0. The van der Waals surface area contributed by atoms with Gasteiger partial charge in [0.05, 0.1) is 11.7 Å². The van der Waals surface area contributed by atoms with Crippen LogP contribution < -0.4 is 0 Å². The van der Waals surface area contributed by atoms with Gasteiger partial charge in [-0.3, -0.25) is 0 Å². The molecule has 0 bridgehead atoms. The zero-order valence-electron chi connectivity index (χ0n) is 7.27. The van der Waals surface area contributed by atoms with Gasteiger partial charge >= 0.3 is 0 Å². The highest BCUT2D eigenvalue weighted by molar-refractivity contribution is 5.21. The maximum absolute atomic E-state index is 5.84. The van der Waals surface area contributed by atoms with Gasteiger partial charge in [-0.15, -0.1) is 0 Å². The van der Waals surface area contributed by atoms with E-state index in [4.69, 9.17) is 4.74 Å². The molecule has 0 amide bonds. The summed E-state index contributed by atoms with van der Waals surface area (Å²) in [5, 5.41) is 0. The van der Waals surface area contributed by atoms with Gasteiger partial charge < -0.3 is 4.74 Å². The van der Waals surface area contributed by atoms with Gasteiger partial charge in [-0.05, 0) is 31.6 Å². The minimum absolute atomic E-state index is 0.229. The molecular weight excluding hydrogens is 124 g/mol. The molecule has 1 saturated carbocycles. The Morgan fingerprint density at radius 2 is 1.90 bits per heavy atom. The highest BCUT2D eigenvalue weighted by Gasteiger charge is 2.72. The molecule has 0 N–H and O–H groups in total. The van der Waals surface area contributed by atoms with Gasteiger partial charge in [0.1, 0.15) is 0 Å². The predicted molar refractivity (Wildman–Crippen MR) is 40.8 cm³/mol. The Morgan fingerprint density at radius 1 is 1.30 bits per heavy atom. The molecule has 1 aliphatic carbocycles. The van der Waals surface area contributed by atoms with Crippen molar-refractivity contribution in [2.24, 2.45) is 11.3 Å². The summed E-state index contributed by atoms with van der Waals surface area (Å²) >= 11 is 0. The molecule has 0 aromatic heterocycles. The van der Waals surface area contributed by atoms with Crippen molar-refractivity contribution in [1.82, 2.24) is 0 Å². The van der Waals surface area contributed by atoms with Crippen LogP contribution in [-0.4, -0.2) is 11.7 Å². The van der Waals surface area contributed by atoms with E-state index in [1.165, 1.54) is 6.42 Å². The summed E-state index contributed by atoms with van der Waals surface area (Å²) in [6, 6.07) is 0. The van der Waals surface area contributed by atoms with Crippen LogP contribution >= 0.6 is 0 Å². The Balaban J connectivity index is 2.20. The smallest absolute Gasteiger partial charge is 0.0747 e. The second-order valence-electron chi connectivity index (χ2n) is 4.55.